The van der Waals surface area contributed by atoms with Crippen LogP contribution in [0.15, 0.2) is 27.8 Å². The van der Waals surface area contributed by atoms with E-state index in [4.69, 9.17) is 0 Å². The van der Waals surface area contributed by atoms with Crippen molar-refractivity contribution < 1.29 is 4.79 Å². The van der Waals surface area contributed by atoms with Gasteiger partial charge in [-0.05, 0) is 81.4 Å². The molecule has 2 aromatic rings. The molecule has 1 amide bonds. The second-order valence-corrected chi connectivity index (χ2v) is 9.89. The third-order valence-corrected chi connectivity index (χ3v) is 7.63. The molecule has 32 heavy (non-hydrogen) atoms. The minimum atomic E-state index is -0.375. The number of carbonyl (C=O) groups is 1. The summed E-state index contributed by atoms with van der Waals surface area (Å²) in [5.74, 6) is 1.23. The van der Waals surface area contributed by atoms with Crippen molar-refractivity contribution in [1.82, 2.24) is 0 Å². The molecular formula is C26H35N3O3. The molecule has 1 aliphatic carbocycles. The molecule has 0 spiro atoms. The Morgan fingerprint density at radius 3 is 2.38 bits per heavy atom. The van der Waals surface area contributed by atoms with E-state index in [1.807, 2.05) is 19.1 Å². The van der Waals surface area contributed by atoms with E-state index in [0.29, 0.717) is 29.8 Å². The maximum atomic E-state index is 12.8. The zero-order valence-corrected chi connectivity index (χ0v) is 19.5. The zero-order chi connectivity index (χ0) is 22.8. The summed E-state index contributed by atoms with van der Waals surface area (Å²) in [4.78, 5) is 39.2. The molecule has 1 saturated carbocycles. The Hall–Kier alpha value is -2.63. The lowest BCUT2D eigenvalue weighted by atomic mass is 9.81. The predicted octanol–water partition coefficient (Wildman–Crippen LogP) is 3.99. The van der Waals surface area contributed by atoms with Crippen LogP contribution in [-0.2, 0) is 4.79 Å². The fraction of sp³-hybridized carbons (Fsp3) is 0.577. The fourth-order valence-corrected chi connectivity index (χ4v) is 5.07. The van der Waals surface area contributed by atoms with Crippen LogP contribution in [0.1, 0.15) is 56.6 Å². The van der Waals surface area contributed by atoms with E-state index < -0.39 is 0 Å². The molecule has 1 aliphatic heterocycles. The van der Waals surface area contributed by atoms with Gasteiger partial charge in [0, 0.05) is 31.2 Å². The molecule has 2 aromatic carbocycles. The van der Waals surface area contributed by atoms with Crippen LogP contribution in [-0.4, -0.2) is 25.5 Å². The number of carbonyl (C=O) groups excluding carboxylic acids is 1. The molecule has 6 nitrogen and oxygen atoms in total. The summed E-state index contributed by atoms with van der Waals surface area (Å²) in [5, 5.41) is 6.40. The van der Waals surface area contributed by atoms with Gasteiger partial charge in [-0.25, -0.2) is 0 Å². The van der Waals surface area contributed by atoms with Crippen molar-refractivity contribution in [3.05, 3.63) is 49.8 Å². The third kappa shape index (κ3) is 4.59. The normalized spacial score (nSPS) is 22.2. The average molecular weight is 438 g/mol. The highest BCUT2D eigenvalue weighted by Crippen LogP contribution is 2.32. The van der Waals surface area contributed by atoms with E-state index in [0.717, 1.165) is 62.9 Å². The highest BCUT2D eigenvalue weighted by Gasteiger charge is 2.30. The highest BCUT2D eigenvalue weighted by molar-refractivity contribution is 5.93. The van der Waals surface area contributed by atoms with E-state index in [1.165, 1.54) is 5.56 Å². The molecule has 2 N–H and O–H groups in total. The van der Waals surface area contributed by atoms with E-state index >= 15 is 0 Å². The number of benzene rings is 1. The number of piperidine rings is 1. The Bertz CT molecular complexity index is 1040. The molecule has 0 atom stereocenters. The zero-order valence-electron chi connectivity index (χ0n) is 19.5. The molecule has 2 aliphatic rings. The van der Waals surface area contributed by atoms with Gasteiger partial charge in [0.2, 0.25) is 5.91 Å². The van der Waals surface area contributed by atoms with Gasteiger partial charge in [-0.15, -0.1) is 0 Å². The van der Waals surface area contributed by atoms with Crippen LogP contribution in [0.5, 0.6) is 0 Å². The lowest BCUT2D eigenvalue weighted by molar-refractivity contribution is -0.121. The summed E-state index contributed by atoms with van der Waals surface area (Å²) in [7, 11) is 0. The van der Waals surface area contributed by atoms with Gasteiger partial charge in [0.15, 0.2) is 0 Å². The largest absolute Gasteiger partial charge is 0.380 e. The van der Waals surface area contributed by atoms with Gasteiger partial charge in [0.25, 0.3) is 10.9 Å². The Morgan fingerprint density at radius 1 is 1.00 bits per heavy atom. The van der Waals surface area contributed by atoms with Crippen molar-refractivity contribution in [2.45, 2.75) is 59.3 Å². The monoisotopic (exact) mass is 437 g/mol. The Kier molecular flexibility index (Phi) is 6.68. The standard InChI is InChI=1S/C26H35N3O3/c1-16-11-13-29(14-12-16)23-22(24(30)25(23)31)27-15-19-7-9-20(10-8-19)26(32)28-21-6-4-5-17(2)18(21)3/h4-6,16,19-20,27H,7-15H2,1-3H3,(H,28,32). The minimum absolute atomic E-state index is 0.0307. The molecule has 1 saturated heterocycles. The number of hydrogen-bond acceptors (Lipinski definition) is 5. The van der Waals surface area contributed by atoms with Crippen molar-refractivity contribution in [2.75, 3.05) is 35.2 Å². The first-order chi connectivity index (χ1) is 15.3. The van der Waals surface area contributed by atoms with E-state index in [9.17, 15) is 14.4 Å². The van der Waals surface area contributed by atoms with Gasteiger partial charge in [0.05, 0.1) is 0 Å². The van der Waals surface area contributed by atoms with Crippen LogP contribution in [0.4, 0.5) is 17.1 Å². The minimum Gasteiger partial charge on any atom is -0.380 e. The Balaban J connectivity index is 1.28. The molecule has 172 valence electrons. The highest BCUT2D eigenvalue weighted by atomic mass is 16.2. The predicted molar refractivity (Wildman–Crippen MR) is 130 cm³/mol. The number of hydrogen-bond donors (Lipinski definition) is 2. The van der Waals surface area contributed by atoms with Crippen LogP contribution in [0.3, 0.4) is 0 Å². The number of nitrogens with zero attached hydrogens (tertiary/aromatic N) is 1. The molecule has 0 bridgehead atoms. The Morgan fingerprint density at radius 2 is 1.69 bits per heavy atom. The second kappa shape index (κ2) is 9.47. The average Bonchev–Trinajstić information content (AvgIpc) is 2.80. The number of aryl methyl sites for hydroxylation is 1. The van der Waals surface area contributed by atoms with Gasteiger partial charge in [0.1, 0.15) is 11.4 Å². The van der Waals surface area contributed by atoms with E-state index in [2.05, 4.69) is 35.4 Å². The summed E-state index contributed by atoms with van der Waals surface area (Å²) in [6.45, 7) is 8.71. The van der Waals surface area contributed by atoms with Gasteiger partial charge >= 0.3 is 0 Å². The summed E-state index contributed by atoms with van der Waals surface area (Å²) in [6, 6.07) is 5.98. The van der Waals surface area contributed by atoms with Crippen LogP contribution in [0.25, 0.3) is 0 Å². The first-order valence-electron chi connectivity index (χ1n) is 12.0. The topological polar surface area (TPSA) is 78.5 Å². The Labute approximate surface area is 190 Å². The molecule has 0 unspecified atom stereocenters. The lowest BCUT2D eigenvalue weighted by Gasteiger charge is -2.34. The molecule has 1 heterocycles. The van der Waals surface area contributed by atoms with E-state index in [-0.39, 0.29) is 22.7 Å². The second-order valence-electron chi connectivity index (χ2n) is 9.89. The number of amides is 1. The summed E-state index contributed by atoms with van der Waals surface area (Å²) in [5.41, 5.74) is 3.59. The van der Waals surface area contributed by atoms with E-state index in [1.54, 1.807) is 0 Å². The van der Waals surface area contributed by atoms with Crippen molar-refractivity contribution in [1.29, 1.82) is 0 Å². The molecular weight excluding hydrogens is 402 g/mol. The quantitative estimate of drug-likeness (QED) is 0.668. The maximum Gasteiger partial charge on any atom is 0.253 e. The van der Waals surface area contributed by atoms with Crippen molar-refractivity contribution in [2.24, 2.45) is 17.8 Å². The lowest BCUT2D eigenvalue weighted by Crippen LogP contribution is -2.45. The van der Waals surface area contributed by atoms with Crippen LogP contribution in [0, 0.1) is 31.6 Å². The van der Waals surface area contributed by atoms with Crippen LogP contribution < -0.4 is 26.4 Å². The van der Waals surface area contributed by atoms with Gasteiger partial charge < -0.3 is 15.5 Å². The summed E-state index contributed by atoms with van der Waals surface area (Å²) in [6.07, 6.45) is 5.73. The number of nitrogens with one attached hydrogen (secondary N) is 2. The van der Waals surface area contributed by atoms with Crippen molar-refractivity contribution >= 4 is 23.0 Å². The van der Waals surface area contributed by atoms with Crippen molar-refractivity contribution in [3.8, 4) is 0 Å². The molecule has 4 rings (SSSR count). The fourth-order valence-electron chi connectivity index (χ4n) is 5.07. The molecule has 2 fully saturated rings. The van der Waals surface area contributed by atoms with Crippen LogP contribution in [0.2, 0.25) is 0 Å². The SMILES string of the molecule is Cc1cccc(NC(=O)C2CCC(CNc3c(N4CCC(C)CC4)c(=O)c3=O)CC2)c1C. The van der Waals surface area contributed by atoms with Gasteiger partial charge in [-0.3, -0.25) is 14.4 Å². The van der Waals surface area contributed by atoms with Crippen molar-refractivity contribution in [3.63, 3.8) is 0 Å². The van der Waals surface area contributed by atoms with Crippen LogP contribution >= 0.6 is 0 Å². The molecule has 0 radical (unpaired) electrons. The summed E-state index contributed by atoms with van der Waals surface area (Å²) >= 11 is 0. The first kappa shape index (κ1) is 22.6. The number of rotatable bonds is 6. The first-order valence-corrected chi connectivity index (χ1v) is 12.0. The smallest absolute Gasteiger partial charge is 0.253 e. The maximum absolute atomic E-state index is 12.8. The van der Waals surface area contributed by atoms with Gasteiger partial charge in [-0.2, -0.15) is 0 Å². The number of anilines is 3. The third-order valence-electron chi connectivity index (χ3n) is 7.63. The summed E-state index contributed by atoms with van der Waals surface area (Å²) < 4.78 is 0. The van der Waals surface area contributed by atoms with Gasteiger partial charge in [-0.1, -0.05) is 19.1 Å². The molecule has 6 heteroatoms. The molecule has 0 aromatic heterocycles.